The van der Waals surface area contributed by atoms with Crippen molar-refractivity contribution in [2.45, 2.75) is 18.9 Å². The van der Waals surface area contributed by atoms with Gasteiger partial charge in [-0.05, 0) is 6.42 Å². The molecule has 1 aliphatic rings. The van der Waals surface area contributed by atoms with Crippen molar-refractivity contribution in [2.75, 3.05) is 18.6 Å². The normalized spacial score (nSPS) is 27.1. The molecule has 2 atom stereocenters. The summed E-state index contributed by atoms with van der Waals surface area (Å²) in [7, 11) is -1.76. The summed E-state index contributed by atoms with van der Waals surface area (Å²) in [5.74, 6) is -0.748. The van der Waals surface area contributed by atoms with E-state index in [1.54, 1.807) is 0 Å². The number of rotatable bonds is 3. The number of hydrogen-bond donors (Lipinski definition) is 1. The number of methoxy groups -OCH3 is 1. The van der Waals surface area contributed by atoms with Crippen LogP contribution in [-0.2, 0) is 19.4 Å². The van der Waals surface area contributed by atoms with Crippen LogP contribution in [0.3, 0.4) is 0 Å². The molecule has 1 fully saturated rings. The minimum atomic E-state index is -3.00. The van der Waals surface area contributed by atoms with E-state index in [1.807, 2.05) is 0 Å². The third-order valence-corrected chi connectivity index (χ3v) is 4.21. The summed E-state index contributed by atoms with van der Waals surface area (Å²) in [6.07, 6.45) is -0.600. The average molecular weight is 222 g/mol. The van der Waals surface area contributed by atoms with Crippen LogP contribution in [0.4, 0.5) is 0 Å². The molecule has 1 saturated heterocycles. The van der Waals surface area contributed by atoms with Gasteiger partial charge >= 0.3 is 5.97 Å². The monoisotopic (exact) mass is 222 g/mol. The summed E-state index contributed by atoms with van der Waals surface area (Å²) in [6.45, 7) is 0. The lowest BCUT2D eigenvalue weighted by atomic mass is 9.99. The summed E-state index contributed by atoms with van der Waals surface area (Å²) in [5.41, 5.74) is 0. The Morgan fingerprint density at radius 1 is 1.64 bits per heavy atom. The number of carbonyl (C=O) groups excluding carboxylic acids is 1. The van der Waals surface area contributed by atoms with Crippen LogP contribution in [0.2, 0.25) is 0 Å². The summed E-state index contributed by atoms with van der Waals surface area (Å²) in [4.78, 5) is 10.8. The number of aliphatic hydroxyl groups is 1. The maximum Gasteiger partial charge on any atom is 0.308 e. The van der Waals surface area contributed by atoms with E-state index in [1.165, 1.54) is 7.11 Å². The smallest absolute Gasteiger partial charge is 0.308 e. The van der Waals surface area contributed by atoms with Crippen LogP contribution in [0.15, 0.2) is 0 Å². The Morgan fingerprint density at radius 3 is 2.71 bits per heavy atom. The Kier molecular flexibility index (Phi) is 3.49. The van der Waals surface area contributed by atoms with Gasteiger partial charge in [-0.25, -0.2) is 8.42 Å². The van der Waals surface area contributed by atoms with Crippen LogP contribution in [0.5, 0.6) is 0 Å². The molecule has 0 radical (unpaired) electrons. The van der Waals surface area contributed by atoms with E-state index in [2.05, 4.69) is 4.74 Å². The Bertz CT molecular complexity index is 308. The number of esters is 1. The lowest BCUT2D eigenvalue weighted by Crippen LogP contribution is -2.25. The molecule has 6 heteroatoms. The van der Waals surface area contributed by atoms with Gasteiger partial charge in [-0.2, -0.15) is 0 Å². The van der Waals surface area contributed by atoms with Gasteiger partial charge in [0.05, 0.1) is 31.1 Å². The minimum Gasteiger partial charge on any atom is -0.469 e. The quantitative estimate of drug-likeness (QED) is 0.641. The zero-order valence-corrected chi connectivity index (χ0v) is 8.79. The van der Waals surface area contributed by atoms with Gasteiger partial charge in [0.25, 0.3) is 0 Å². The fraction of sp³-hybridized carbons (Fsp3) is 0.875. The third kappa shape index (κ3) is 2.95. The number of ether oxygens (including phenoxy) is 1. The standard InChI is InChI=1S/C8H14O5S/c1-13-8(10)4-7(9)6-2-3-14(11,12)5-6/h6-7,9H,2-5H2,1H3/t6?,7-/m1/s1. The molecule has 0 amide bonds. The van der Waals surface area contributed by atoms with E-state index >= 15 is 0 Å². The first kappa shape index (κ1) is 11.5. The highest BCUT2D eigenvalue weighted by atomic mass is 32.2. The van der Waals surface area contributed by atoms with E-state index in [-0.39, 0.29) is 23.8 Å². The number of sulfone groups is 1. The highest BCUT2D eigenvalue weighted by molar-refractivity contribution is 7.91. The highest BCUT2D eigenvalue weighted by Gasteiger charge is 2.33. The second-order valence-electron chi connectivity index (χ2n) is 3.51. The summed E-state index contributed by atoms with van der Waals surface area (Å²) < 4.78 is 26.5. The Labute approximate surface area is 83.0 Å². The molecular formula is C8H14O5S. The largest absolute Gasteiger partial charge is 0.469 e. The fourth-order valence-electron chi connectivity index (χ4n) is 1.55. The van der Waals surface area contributed by atoms with Crippen molar-refractivity contribution in [1.82, 2.24) is 0 Å². The molecule has 1 N–H and O–H groups in total. The number of aliphatic hydroxyl groups excluding tert-OH is 1. The number of carbonyl (C=O) groups is 1. The summed E-state index contributed by atoms with van der Waals surface area (Å²) in [6, 6.07) is 0. The first-order valence-electron chi connectivity index (χ1n) is 4.40. The van der Waals surface area contributed by atoms with E-state index < -0.39 is 21.9 Å². The minimum absolute atomic E-state index is 0.0227. The van der Waals surface area contributed by atoms with Crippen LogP contribution < -0.4 is 0 Å². The predicted octanol–water partition coefficient (Wildman–Crippen LogP) is -0.655. The maximum absolute atomic E-state index is 11.1. The average Bonchev–Trinajstić information content (AvgIpc) is 2.46. The maximum atomic E-state index is 11.1. The van der Waals surface area contributed by atoms with Crippen molar-refractivity contribution < 1.29 is 23.1 Å². The zero-order valence-electron chi connectivity index (χ0n) is 7.97. The van der Waals surface area contributed by atoms with Gasteiger partial charge in [0, 0.05) is 5.92 Å². The third-order valence-electron chi connectivity index (χ3n) is 2.42. The van der Waals surface area contributed by atoms with Crippen LogP contribution in [0, 0.1) is 5.92 Å². The van der Waals surface area contributed by atoms with E-state index in [0.29, 0.717) is 6.42 Å². The fourth-order valence-corrected chi connectivity index (χ4v) is 3.42. The molecule has 0 spiro atoms. The highest BCUT2D eigenvalue weighted by Crippen LogP contribution is 2.23. The second-order valence-corrected chi connectivity index (χ2v) is 5.74. The van der Waals surface area contributed by atoms with Crippen LogP contribution in [0.25, 0.3) is 0 Å². The molecule has 14 heavy (non-hydrogen) atoms. The first-order chi connectivity index (χ1) is 6.44. The first-order valence-corrected chi connectivity index (χ1v) is 6.22. The van der Waals surface area contributed by atoms with Gasteiger partial charge in [0.1, 0.15) is 0 Å². The molecule has 0 aromatic rings. The molecule has 1 rings (SSSR count). The number of hydrogen-bond acceptors (Lipinski definition) is 5. The SMILES string of the molecule is COC(=O)C[C@@H](O)C1CCS(=O)(=O)C1. The molecule has 0 saturated carbocycles. The predicted molar refractivity (Wildman–Crippen MR) is 49.4 cm³/mol. The molecule has 1 unspecified atom stereocenters. The van der Waals surface area contributed by atoms with Crippen molar-refractivity contribution in [3.63, 3.8) is 0 Å². The van der Waals surface area contributed by atoms with E-state index in [9.17, 15) is 18.3 Å². The van der Waals surface area contributed by atoms with Crippen molar-refractivity contribution in [1.29, 1.82) is 0 Å². The van der Waals surface area contributed by atoms with Crippen LogP contribution in [0.1, 0.15) is 12.8 Å². The van der Waals surface area contributed by atoms with Gasteiger partial charge in [-0.1, -0.05) is 0 Å². The summed E-state index contributed by atoms with van der Waals surface area (Å²) in [5, 5.41) is 9.52. The molecule has 0 aliphatic carbocycles. The Morgan fingerprint density at radius 2 is 2.29 bits per heavy atom. The van der Waals surface area contributed by atoms with Gasteiger partial charge in [-0.3, -0.25) is 4.79 Å². The Balaban J connectivity index is 2.47. The van der Waals surface area contributed by atoms with Gasteiger partial charge in [-0.15, -0.1) is 0 Å². The van der Waals surface area contributed by atoms with E-state index in [4.69, 9.17) is 0 Å². The molecule has 5 nitrogen and oxygen atoms in total. The molecule has 1 aliphatic heterocycles. The second kappa shape index (κ2) is 4.27. The lowest BCUT2D eigenvalue weighted by molar-refractivity contribution is -0.143. The molecule has 82 valence electrons. The van der Waals surface area contributed by atoms with Crippen LogP contribution in [-0.4, -0.2) is 44.2 Å². The van der Waals surface area contributed by atoms with Crippen molar-refractivity contribution in [2.24, 2.45) is 5.92 Å². The van der Waals surface area contributed by atoms with Gasteiger partial charge < -0.3 is 9.84 Å². The van der Waals surface area contributed by atoms with Gasteiger partial charge in [0.2, 0.25) is 0 Å². The molecule has 1 heterocycles. The molecular weight excluding hydrogens is 208 g/mol. The molecule has 0 aromatic carbocycles. The zero-order chi connectivity index (χ0) is 10.8. The van der Waals surface area contributed by atoms with Crippen LogP contribution >= 0.6 is 0 Å². The lowest BCUT2D eigenvalue weighted by Gasteiger charge is -2.14. The van der Waals surface area contributed by atoms with Crippen molar-refractivity contribution >= 4 is 15.8 Å². The Hall–Kier alpha value is -0.620. The molecule has 0 bridgehead atoms. The van der Waals surface area contributed by atoms with Gasteiger partial charge in [0.15, 0.2) is 9.84 Å². The van der Waals surface area contributed by atoms with Crippen molar-refractivity contribution in [3.05, 3.63) is 0 Å². The topological polar surface area (TPSA) is 80.7 Å². The summed E-state index contributed by atoms with van der Waals surface area (Å²) >= 11 is 0. The van der Waals surface area contributed by atoms with Crippen molar-refractivity contribution in [3.8, 4) is 0 Å². The molecule has 0 aromatic heterocycles. The van der Waals surface area contributed by atoms with E-state index in [0.717, 1.165) is 0 Å².